The fourth-order valence-corrected chi connectivity index (χ4v) is 4.21. The van der Waals surface area contributed by atoms with Crippen LogP contribution in [0.25, 0.3) is 0 Å². The van der Waals surface area contributed by atoms with Crippen LogP contribution in [0.4, 0.5) is 0 Å². The van der Waals surface area contributed by atoms with Crippen LogP contribution in [0.15, 0.2) is 30.3 Å². The van der Waals surface area contributed by atoms with Crippen molar-refractivity contribution in [1.82, 2.24) is 5.32 Å². The lowest BCUT2D eigenvalue weighted by Gasteiger charge is -2.30. The number of ether oxygens (including phenoxy) is 1. The third kappa shape index (κ3) is 5.00. The number of methoxy groups -OCH3 is 1. The average molecular weight is 297 g/mol. The second kappa shape index (κ2) is 9.27. The van der Waals surface area contributed by atoms with Crippen LogP contribution in [0.2, 0.25) is 0 Å². The largest absolute Gasteiger partial charge is 0.384 e. The van der Waals surface area contributed by atoms with Gasteiger partial charge in [-0.15, -0.1) is 0 Å². The third-order valence-electron chi connectivity index (χ3n) is 3.36. The van der Waals surface area contributed by atoms with Crippen molar-refractivity contribution in [2.75, 3.05) is 26.0 Å². The summed E-state index contributed by atoms with van der Waals surface area (Å²) >= 11 is 0. The zero-order valence-electron chi connectivity index (χ0n) is 13.0. The molecule has 1 aromatic carbocycles. The number of benzene rings is 1. The first kappa shape index (κ1) is 17.3. The third-order valence-corrected chi connectivity index (χ3v) is 5.35. The van der Waals surface area contributed by atoms with Gasteiger partial charge < -0.3 is 10.1 Å². The Morgan fingerprint density at radius 2 is 1.90 bits per heavy atom. The van der Waals surface area contributed by atoms with Crippen molar-refractivity contribution >= 4 is 10.8 Å². The highest BCUT2D eigenvalue weighted by molar-refractivity contribution is 7.85. The Morgan fingerprint density at radius 3 is 2.40 bits per heavy atom. The molecule has 114 valence electrons. The molecule has 3 nitrogen and oxygen atoms in total. The molecule has 0 fully saturated rings. The first-order chi connectivity index (χ1) is 9.61. The summed E-state index contributed by atoms with van der Waals surface area (Å²) in [7, 11) is 0.746. The zero-order chi connectivity index (χ0) is 15.0. The summed E-state index contributed by atoms with van der Waals surface area (Å²) in [6.45, 7) is 7.78. The second-order valence-corrected chi connectivity index (χ2v) is 6.95. The van der Waals surface area contributed by atoms with E-state index >= 15 is 0 Å². The minimum absolute atomic E-state index is 0.0903. The van der Waals surface area contributed by atoms with Crippen LogP contribution >= 0.6 is 0 Å². The van der Waals surface area contributed by atoms with Gasteiger partial charge in [0.25, 0.3) is 0 Å². The number of hydrogen-bond donors (Lipinski definition) is 1. The van der Waals surface area contributed by atoms with E-state index in [2.05, 4.69) is 38.2 Å². The van der Waals surface area contributed by atoms with Gasteiger partial charge in [-0.25, -0.2) is 0 Å². The predicted molar refractivity (Wildman–Crippen MR) is 86.4 cm³/mol. The summed E-state index contributed by atoms with van der Waals surface area (Å²) in [5.74, 6) is 0.936. The number of hydrogen-bond acceptors (Lipinski definition) is 3. The van der Waals surface area contributed by atoms with E-state index in [1.165, 1.54) is 5.56 Å². The molecule has 0 amide bonds. The van der Waals surface area contributed by atoms with Crippen molar-refractivity contribution in [3.05, 3.63) is 35.9 Å². The smallest absolute Gasteiger partial charge is 0.0577 e. The highest BCUT2D eigenvalue weighted by Gasteiger charge is 2.30. The van der Waals surface area contributed by atoms with Gasteiger partial charge in [-0.05, 0) is 18.0 Å². The molecule has 0 heterocycles. The molecule has 1 rings (SSSR count). The Morgan fingerprint density at radius 1 is 1.25 bits per heavy atom. The Bertz CT molecular complexity index is 395. The normalized spacial score (nSPS) is 16.1. The fraction of sp³-hybridized carbons (Fsp3) is 0.625. The van der Waals surface area contributed by atoms with Crippen LogP contribution in [0.1, 0.15) is 32.4 Å². The molecule has 1 N–H and O–H groups in total. The summed E-state index contributed by atoms with van der Waals surface area (Å²) in [4.78, 5) is 0. The lowest BCUT2D eigenvalue weighted by atomic mass is 9.96. The molecule has 1 aromatic rings. The zero-order valence-corrected chi connectivity index (χ0v) is 13.8. The monoisotopic (exact) mass is 297 g/mol. The minimum Gasteiger partial charge on any atom is -0.384 e. The van der Waals surface area contributed by atoms with Crippen molar-refractivity contribution < 1.29 is 8.95 Å². The summed E-state index contributed by atoms with van der Waals surface area (Å²) < 4.78 is 17.7. The van der Waals surface area contributed by atoms with E-state index in [0.717, 1.165) is 6.54 Å². The Labute approximate surface area is 125 Å². The minimum atomic E-state index is -0.907. The fourth-order valence-electron chi connectivity index (χ4n) is 2.45. The van der Waals surface area contributed by atoms with Crippen molar-refractivity contribution in [3.8, 4) is 0 Å². The molecular formula is C16H27NO2S. The van der Waals surface area contributed by atoms with Crippen molar-refractivity contribution in [1.29, 1.82) is 0 Å². The SMILES string of the molecule is CCNC(c1ccccc1)C(C(C)C)S(=O)CCOC. The lowest BCUT2D eigenvalue weighted by Crippen LogP contribution is -2.39. The molecule has 20 heavy (non-hydrogen) atoms. The maximum absolute atomic E-state index is 12.6. The summed E-state index contributed by atoms with van der Waals surface area (Å²) in [5, 5.41) is 3.59. The quantitative estimate of drug-likeness (QED) is 0.761. The van der Waals surface area contributed by atoms with Gasteiger partial charge in [0, 0.05) is 29.7 Å². The summed E-state index contributed by atoms with van der Waals surface area (Å²) in [6, 6.07) is 10.4. The Kier molecular flexibility index (Phi) is 8.04. The molecule has 4 heteroatoms. The van der Waals surface area contributed by atoms with Gasteiger partial charge in [-0.2, -0.15) is 0 Å². The van der Waals surface area contributed by atoms with Gasteiger partial charge in [0.2, 0.25) is 0 Å². The van der Waals surface area contributed by atoms with Crippen LogP contribution in [0.3, 0.4) is 0 Å². The highest BCUT2D eigenvalue weighted by Crippen LogP contribution is 2.26. The highest BCUT2D eigenvalue weighted by atomic mass is 32.2. The maximum atomic E-state index is 12.6. The summed E-state index contributed by atoms with van der Waals surface area (Å²) in [5.41, 5.74) is 1.21. The molecule has 0 aliphatic heterocycles. The van der Waals surface area contributed by atoms with Crippen LogP contribution < -0.4 is 5.32 Å². The maximum Gasteiger partial charge on any atom is 0.0577 e. The van der Waals surface area contributed by atoms with Gasteiger partial charge in [0.05, 0.1) is 11.9 Å². The van der Waals surface area contributed by atoms with E-state index in [-0.39, 0.29) is 11.3 Å². The molecule has 0 bridgehead atoms. The van der Waals surface area contributed by atoms with E-state index in [9.17, 15) is 4.21 Å². The molecule has 0 radical (unpaired) electrons. The first-order valence-electron chi connectivity index (χ1n) is 7.26. The second-order valence-electron chi connectivity index (χ2n) is 5.23. The summed E-state index contributed by atoms with van der Waals surface area (Å²) in [6.07, 6.45) is 0. The van der Waals surface area contributed by atoms with Gasteiger partial charge in [0.1, 0.15) is 0 Å². The Balaban J connectivity index is 2.97. The van der Waals surface area contributed by atoms with Crippen LogP contribution in [-0.2, 0) is 15.5 Å². The molecule has 3 unspecified atom stereocenters. The molecule has 0 saturated heterocycles. The van der Waals surface area contributed by atoms with E-state index < -0.39 is 10.8 Å². The van der Waals surface area contributed by atoms with Crippen molar-refractivity contribution in [3.63, 3.8) is 0 Å². The van der Waals surface area contributed by atoms with Crippen LogP contribution in [0.5, 0.6) is 0 Å². The first-order valence-corrected chi connectivity index (χ1v) is 8.64. The molecule has 0 aromatic heterocycles. The van der Waals surface area contributed by atoms with Crippen molar-refractivity contribution in [2.24, 2.45) is 5.92 Å². The molecular weight excluding hydrogens is 270 g/mol. The van der Waals surface area contributed by atoms with Gasteiger partial charge in [-0.1, -0.05) is 51.1 Å². The van der Waals surface area contributed by atoms with Crippen LogP contribution in [-0.4, -0.2) is 35.5 Å². The van der Waals surface area contributed by atoms with E-state index in [1.807, 2.05) is 18.2 Å². The molecule has 0 saturated carbocycles. The van der Waals surface area contributed by atoms with Gasteiger partial charge in [-0.3, -0.25) is 4.21 Å². The molecule has 3 atom stereocenters. The van der Waals surface area contributed by atoms with Gasteiger partial charge in [0.15, 0.2) is 0 Å². The average Bonchev–Trinajstić information content (AvgIpc) is 2.45. The van der Waals surface area contributed by atoms with Gasteiger partial charge >= 0.3 is 0 Å². The lowest BCUT2D eigenvalue weighted by molar-refractivity contribution is 0.217. The van der Waals surface area contributed by atoms with E-state index in [4.69, 9.17) is 4.74 Å². The van der Waals surface area contributed by atoms with Crippen molar-refractivity contribution in [2.45, 2.75) is 32.1 Å². The van der Waals surface area contributed by atoms with E-state index in [1.54, 1.807) is 7.11 Å². The van der Waals surface area contributed by atoms with E-state index in [0.29, 0.717) is 18.3 Å². The molecule has 0 spiro atoms. The number of nitrogens with one attached hydrogen (secondary N) is 1. The molecule has 0 aliphatic carbocycles. The number of rotatable bonds is 9. The predicted octanol–water partition coefficient (Wildman–Crippen LogP) is 2.76. The van der Waals surface area contributed by atoms with Crippen LogP contribution in [0, 0.1) is 5.92 Å². The topological polar surface area (TPSA) is 38.3 Å². The molecule has 0 aliphatic rings. The Hall–Kier alpha value is -0.710. The standard InChI is InChI=1S/C16H27NO2S/c1-5-17-15(14-9-7-6-8-10-14)16(13(2)3)20(18)12-11-19-4/h6-10,13,15-17H,5,11-12H2,1-4H3.